The van der Waals surface area contributed by atoms with Crippen molar-refractivity contribution >= 4 is 23.4 Å². The van der Waals surface area contributed by atoms with Crippen molar-refractivity contribution < 1.29 is 19.1 Å². The van der Waals surface area contributed by atoms with Gasteiger partial charge in [-0.1, -0.05) is 17.5 Å². The zero-order valence-electron chi connectivity index (χ0n) is 11.1. The average molecular weight is 281 g/mol. The summed E-state index contributed by atoms with van der Waals surface area (Å²) in [5.41, 5.74) is 1.05. The summed E-state index contributed by atoms with van der Waals surface area (Å²) in [4.78, 5) is 22.8. The second kappa shape index (κ2) is 6.26. The molecule has 0 atom stereocenters. The molecule has 5 heteroatoms. The van der Waals surface area contributed by atoms with Crippen LogP contribution in [0.3, 0.4) is 0 Å². The highest BCUT2D eigenvalue weighted by atomic mass is 35.5. The number of rotatable bonds is 2. The number of benzene rings is 1. The smallest absolute Gasteiger partial charge is 0.342 e. The first kappa shape index (κ1) is 15.1. The highest BCUT2D eigenvalue weighted by Crippen LogP contribution is 2.32. The summed E-state index contributed by atoms with van der Waals surface area (Å²) in [7, 11) is 2.68. The molecule has 4 nitrogen and oxygen atoms in total. The lowest BCUT2D eigenvalue weighted by Gasteiger charge is -2.12. The van der Waals surface area contributed by atoms with Crippen LogP contribution < -0.4 is 4.74 Å². The van der Waals surface area contributed by atoms with Gasteiger partial charge in [0.25, 0.3) is 0 Å². The van der Waals surface area contributed by atoms with E-state index in [1.807, 2.05) is 0 Å². The lowest BCUT2D eigenvalue weighted by Crippen LogP contribution is -2.08. The third-order valence-corrected chi connectivity index (χ3v) is 2.87. The number of esters is 1. The Balaban J connectivity index is 3.65. The highest BCUT2D eigenvalue weighted by molar-refractivity contribution is 6.33. The number of carbonyl (C=O) groups is 2. The van der Waals surface area contributed by atoms with Gasteiger partial charge < -0.3 is 9.47 Å². The van der Waals surface area contributed by atoms with E-state index in [2.05, 4.69) is 11.8 Å². The van der Waals surface area contributed by atoms with Crippen LogP contribution in [-0.2, 0) is 9.53 Å². The number of hydrogen-bond donors (Lipinski definition) is 0. The summed E-state index contributed by atoms with van der Waals surface area (Å²) in [5.74, 6) is 4.32. The van der Waals surface area contributed by atoms with Crippen LogP contribution in [0.4, 0.5) is 0 Å². The molecule has 1 aromatic carbocycles. The molecule has 0 amide bonds. The molecule has 0 aliphatic heterocycles. The largest absolute Gasteiger partial charge is 0.496 e. The lowest BCUT2D eigenvalue weighted by molar-refractivity contribution is -0.111. The van der Waals surface area contributed by atoms with Crippen LogP contribution in [0.1, 0.15) is 28.4 Å². The molecule has 1 rings (SSSR count). The average Bonchev–Trinajstić information content (AvgIpc) is 2.38. The Morgan fingerprint density at radius 2 is 1.95 bits per heavy atom. The van der Waals surface area contributed by atoms with Gasteiger partial charge in [-0.3, -0.25) is 4.79 Å². The van der Waals surface area contributed by atoms with Crippen LogP contribution in [-0.4, -0.2) is 26.0 Å². The summed E-state index contributed by atoms with van der Waals surface area (Å²) in [6.45, 7) is 3.08. The summed E-state index contributed by atoms with van der Waals surface area (Å²) >= 11 is 6.13. The fraction of sp³-hybridized carbons (Fsp3) is 0.286. The Morgan fingerprint density at radius 3 is 2.42 bits per heavy atom. The van der Waals surface area contributed by atoms with E-state index in [1.54, 1.807) is 13.0 Å². The van der Waals surface area contributed by atoms with E-state index in [-0.39, 0.29) is 16.9 Å². The number of aryl methyl sites for hydroxylation is 1. The quantitative estimate of drug-likeness (QED) is 0.616. The highest BCUT2D eigenvalue weighted by Gasteiger charge is 2.21. The molecule has 0 N–H and O–H groups in total. The van der Waals surface area contributed by atoms with Gasteiger partial charge in [-0.05, 0) is 24.5 Å². The monoisotopic (exact) mass is 280 g/mol. The maximum absolute atomic E-state index is 11.8. The minimum absolute atomic E-state index is 0.120. The zero-order valence-corrected chi connectivity index (χ0v) is 11.8. The number of ketones is 1. The first-order valence-electron chi connectivity index (χ1n) is 5.40. The van der Waals surface area contributed by atoms with Gasteiger partial charge in [0.2, 0.25) is 5.78 Å². The van der Waals surface area contributed by atoms with E-state index in [9.17, 15) is 9.59 Å². The van der Waals surface area contributed by atoms with Crippen LogP contribution in [0.5, 0.6) is 5.75 Å². The minimum Gasteiger partial charge on any atom is -0.496 e. The third kappa shape index (κ3) is 3.27. The third-order valence-electron chi connectivity index (χ3n) is 2.38. The van der Waals surface area contributed by atoms with Crippen molar-refractivity contribution in [3.63, 3.8) is 0 Å². The second-order valence-electron chi connectivity index (χ2n) is 3.76. The molecule has 0 bridgehead atoms. The van der Waals surface area contributed by atoms with Gasteiger partial charge >= 0.3 is 5.97 Å². The predicted octanol–water partition coefficient (Wildman–Crippen LogP) is 2.38. The van der Waals surface area contributed by atoms with Crippen molar-refractivity contribution in [2.75, 3.05) is 14.2 Å². The summed E-state index contributed by atoms with van der Waals surface area (Å²) < 4.78 is 9.83. The molecule has 1 aromatic rings. The van der Waals surface area contributed by atoms with E-state index in [4.69, 9.17) is 21.1 Å². The number of ether oxygens (including phenoxy) is 2. The summed E-state index contributed by atoms with van der Waals surface area (Å²) in [6.07, 6.45) is 0. The van der Waals surface area contributed by atoms with E-state index in [0.717, 1.165) is 0 Å². The molecule has 0 aliphatic carbocycles. The summed E-state index contributed by atoms with van der Waals surface area (Å²) in [5, 5.41) is 0.301. The van der Waals surface area contributed by atoms with Gasteiger partial charge in [-0.25, -0.2) is 4.79 Å². The number of halogens is 1. The van der Waals surface area contributed by atoms with E-state index in [0.29, 0.717) is 16.3 Å². The molecule has 100 valence electrons. The normalized spacial score (nSPS) is 9.32. The van der Waals surface area contributed by atoms with Gasteiger partial charge in [0.05, 0.1) is 24.8 Å². The fourth-order valence-corrected chi connectivity index (χ4v) is 1.69. The van der Waals surface area contributed by atoms with Gasteiger partial charge in [0.15, 0.2) is 0 Å². The zero-order chi connectivity index (χ0) is 14.6. The molecule has 0 fully saturated rings. The molecule has 0 aliphatic rings. The molecule has 0 heterocycles. The van der Waals surface area contributed by atoms with Crippen molar-refractivity contribution in [3.05, 3.63) is 27.8 Å². The first-order valence-corrected chi connectivity index (χ1v) is 5.78. The first-order chi connectivity index (χ1) is 8.92. The molecule has 0 radical (unpaired) electrons. The topological polar surface area (TPSA) is 52.6 Å². The maximum Gasteiger partial charge on any atom is 0.342 e. The summed E-state index contributed by atoms with van der Waals surface area (Å²) in [6, 6.07) is 1.62. The van der Waals surface area contributed by atoms with Crippen molar-refractivity contribution in [1.82, 2.24) is 0 Å². The lowest BCUT2D eigenvalue weighted by atomic mass is 10.0. The number of hydrogen-bond acceptors (Lipinski definition) is 4. The molecular weight excluding hydrogens is 268 g/mol. The van der Waals surface area contributed by atoms with E-state index >= 15 is 0 Å². The molecule has 0 saturated carbocycles. The van der Waals surface area contributed by atoms with Crippen LogP contribution in [0.25, 0.3) is 0 Å². The Labute approximate surface area is 116 Å². The van der Waals surface area contributed by atoms with Crippen molar-refractivity contribution in [3.8, 4) is 17.6 Å². The maximum atomic E-state index is 11.8. The van der Waals surface area contributed by atoms with E-state index in [1.165, 1.54) is 21.1 Å². The van der Waals surface area contributed by atoms with Crippen molar-refractivity contribution in [2.45, 2.75) is 13.8 Å². The number of carbonyl (C=O) groups excluding carboxylic acids is 2. The Morgan fingerprint density at radius 1 is 1.32 bits per heavy atom. The molecule has 19 heavy (non-hydrogen) atoms. The van der Waals surface area contributed by atoms with Gasteiger partial charge in [0.1, 0.15) is 11.3 Å². The Hall–Kier alpha value is -1.99. The molecule has 0 spiro atoms. The van der Waals surface area contributed by atoms with Crippen LogP contribution in [0, 0.1) is 18.8 Å². The van der Waals surface area contributed by atoms with Gasteiger partial charge in [-0.15, -0.1) is 0 Å². The second-order valence-corrected chi connectivity index (χ2v) is 4.14. The predicted molar refractivity (Wildman–Crippen MR) is 71.6 cm³/mol. The van der Waals surface area contributed by atoms with Crippen LogP contribution in [0.15, 0.2) is 6.07 Å². The van der Waals surface area contributed by atoms with Crippen molar-refractivity contribution in [1.29, 1.82) is 0 Å². The molecule has 0 aromatic heterocycles. The molecular formula is C14H13ClO4. The SMILES string of the molecule is COC(=O)c1c(OC)cc(C)c(Cl)c1C#CC(C)=O. The van der Waals surface area contributed by atoms with Gasteiger partial charge in [0, 0.05) is 6.92 Å². The minimum atomic E-state index is -0.619. The fourth-order valence-electron chi connectivity index (χ4n) is 1.50. The van der Waals surface area contributed by atoms with Crippen LogP contribution >= 0.6 is 11.6 Å². The standard InChI is InChI=1S/C14H13ClO4/c1-8-7-11(18-3)12(14(17)19-4)10(13(8)15)6-5-9(2)16/h7H,1-4H3. The van der Waals surface area contributed by atoms with Crippen LogP contribution in [0.2, 0.25) is 5.02 Å². The number of Topliss-reactive ketones (excluding diaryl/α,β-unsaturated/α-hetero) is 1. The Bertz CT molecular complexity index is 594. The Kier molecular flexibility index (Phi) is 4.96. The van der Waals surface area contributed by atoms with E-state index < -0.39 is 5.97 Å². The van der Waals surface area contributed by atoms with Crippen molar-refractivity contribution in [2.24, 2.45) is 0 Å². The molecule has 0 unspecified atom stereocenters. The molecule has 0 saturated heterocycles. The van der Waals surface area contributed by atoms with Gasteiger partial charge in [-0.2, -0.15) is 0 Å². The number of methoxy groups -OCH3 is 2.